The summed E-state index contributed by atoms with van der Waals surface area (Å²) in [7, 11) is 0. The molecule has 2 rings (SSSR count). The Kier molecular flexibility index (Phi) is 2.07. The Labute approximate surface area is 80.5 Å². The van der Waals surface area contributed by atoms with E-state index in [1.165, 1.54) is 5.54 Å². The topological polar surface area (TPSA) is 30.2 Å². The molecule has 0 radical (unpaired) electrons. The van der Waals surface area contributed by atoms with Crippen LogP contribution in [0.1, 0.15) is 28.3 Å². The van der Waals surface area contributed by atoms with Crippen LogP contribution in [0, 0.1) is 0 Å². The van der Waals surface area contributed by atoms with Gasteiger partial charge in [0.1, 0.15) is 5.76 Å². The monoisotopic (exact) mass is 194 g/mol. The molecule has 13 heavy (non-hydrogen) atoms. The summed E-state index contributed by atoms with van der Waals surface area (Å²) >= 11 is 5.39. The maximum absolute atomic E-state index is 11.3. The third-order valence-corrected chi connectivity index (χ3v) is 1.99. The van der Waals surface area contributed by atoms with Crippen molar-refractivity contribution in [2.75, 3.05) is 0 Å². The molecular formula is C10H7ClO2. The lowest BCUT2D eigenvalue weighted by Gasteiger charge is -1.99. The number of furan rings is 1. The third-order valence-electron chi connectivity index (χ3n) is 1.86. The van der Waals surface area contributed by atoms with Crippen LogP contribution in [0.5, 0.6) is 0 Å². The summed E-state index contributed by atoms with van der Waals surface area (Å²) in [5, 5.41) is 0. The number of fused-ring (bicyclic) bond motifs is 1. The first-order valence-electron chi connectivity index (χ1n) is 3.91. The zero-order valence-electron chi connectivity index (χ0n) is 6.79. The fraction of sp³-hybridized carbons (Fsp3) is 0.100. The number of Topliss-reactive ketones (excluding diaryl/α,β-unsaturated/α-hetero) is 1. The lowest BCUT2D eigenvalue weighted by atomic mass is 10.1. The summed E-state index contributed by atoms with van der Waals surface area (Å²) in [5.41, 5.74) is 2.19. The first-order valence-corrected chi connectivity index (χ1v) is 4.35. The van der Waals surface area contributed by atoms with E-state index in [0.29, 0.717) is 17.9 Å². The van der Waals surface area contributed by atoms with Gasteiger partial charge in [-0.2, -0.15) is 0 Å². The smallest absolute Gasteiger partial charge is 0.202 e. The van der Waals surface area contributed by atoms with E-state index in [1.54, 1.807) is 12.1 Å². The number of carbonyl (C=O) groups is 1. The molecule has 1 aliphatic carbocycles. The molecule has 0 amide bonds. The Morgan fingerprint density at radius 3 is 3.08 bits per heavy atom. The lowest BCUT2D eigenvalue weighted by molar-refractivity contribution is 0.0967. The highest BCUT2D eigenvalue weighted by Gasteiger charge is 2.17. The van der Waals surface area contributed by atoms with Gasteiger partial charge in [0.2, 0.25) is 5.78 Å². The molecule has 0 N–H and O–H groups in total. The van der Waals surface area contributed by atoms with Crippen LogP contribution in [0.3, 0.4) is 0 Å². The molecule has 1 heterocycles. The summed E-state index contributed by atoms with van der Waals surface area (Å²) in [5.74, 6) is 1.07. The average molecular weight is 195 g/mol. The molecule has 0 bridgehead atoms. The number of ketones is 1. The standard InChI is InChI=1S/C10H7ClO2/c11-5-4-8-6-7-2-1-3-9(12)10(7)13-8/h1-2,4-6H,3H2. The highest BCUT2D eigenvalue weighted by Crippen LogP contribution is 2.23. The summed E-state index contributed by atoms with van der Waals surface area (Å²) < 4.78 is 5.29. The van der Waals surface area contributed by atoms with Crippen molar-refractivity contribution in [3.63, 3.8) is 0 Å². The van der Waals surface area contributed by atoms with E-state index < -0.39 is 0 Å². The summed E-state index contributed by atoms with van der Waals surface area (Å²) in [6, 6.07) is 1.79. The van der Waals surface area contributed by atoms with Crippen molar-refractivity contribution in [1.29, 1.82) is 0 Å². The van der Waals surface area contributed by atoms with Crippen LogP contribution in [0.25, 0.3) is 12.2 Å². The van der Waals surface area contributed by atoms with E-state index in [4.69, 9.17) is 16.0 Å². The third kappa shape index (κ3) is 1.45. The molecule has 1 aromatic rings. The number of allylic oxidation sites excluding steroid dienone is 1. The van der Waals surface area contributed by atoms with Gasteiger partial charge in [0.25, 0.3) is 0 Å². The average Bonchev–Trinajstić information content (AvgIpc) is 2.49. The van der Waals surface area contributed by atoms with E-state index >= 15 is 0 Å². The van der Waals surface area contributed by atoms with Crippen molar-refractivity contribution in [1.82, 2.24) is 0 Å². The second kappa shape index (κ2) is 3.23. The van der Waals surface area contributed by atoms with Gasteiger partial charge in [-0.3, -0.25) is 4.79 Å². The quantitative estimate of drug-likeness (QED) is 0.688. The SMILES string of the molecule is O=C1CC=Cc2cc(C=CCl)oc21. The van der Waals surface area contributed by atoms with Gasteiger partial charge in [-0.25, -0.2) is 0 Å². The van der Waals surface area contributed by atoms with Crippen LogP contribution in [0.4, 0.5) is 0 Å². The Balaban J connectivity index is 2.49. The fourth-order valence-corrected chi connectivity index (χ4v) is 1.42. The van der Waals surface area contributed by atoms with Gasteiger partial charge in [-0.1, -0.05) is 23.8 Å². The predicted molar refractivity (Wildman–Crippen MR) is 51.6 cm³/mol. The van der Waals surface area contributed by atoms with E-state index in [1.807, 2.05) is 12.2 Å². The maximum atomic E-state index is 11.3. The summed E-state index contributed by atoms with van der Waals surface area (Å²) in [6.07, 6.45) is 5.74. The van der Waals surface area contributed by atoms with Gasteiger partial charge >= 0.3 is 0 Å². The van der Waals surface area contributed by atoms with Gasteiger partial charge < -0.3 is 4.42 Å². The van der Waals surface area contributed by atoms with Crippen LogP contribution in [-0.2, 0) is 0 Å². The molecule has 0 saturated heterocycles. The highest BCUT2D eigenvalue weighted by atomic mass is 35.5. The number of halogens is 1. The zero-order valence-corrected chi connectivity index (χ0v) is 7.54. The molecule has 0 aromatic carbocycles. The predicted octanol–water partition coefficient (Wildman–Crippen LogP) is 3.09. The van der Waals surface area contributed by atoms with Crippen molar-refractivity contribution in [3.8, 4) is 0 Å². The van der Waals surface area contributed by atoms with E-state index in [9.17, 15) is 4.79 Å². The summed E-state index contributed by atoms with van der Waals surface area (Å²) in [6.45, 7) is 0. The minimum absolute atomic E-state index is 0.0201. The normalized spacial score (nSPS) is 15.3. The van der Waals surface area contributed by atoms with Crippen LogP contribution in [-0.4, -0.2) is 5.78 Å². The second-order valence-corrected chi connectivity index (χ2v) is 3.01. The minimum atomic E-state index is 0.0201. The van der Waals surface area contributed by atoms with E-state index in [0.717, 1.165) is 5.56 Å². The van der Waals surface area contributed by atoms with Crippen LogP contribution < -0.4 is 0 Å². The van der Waals surface area contributed by atoms with Crippen molar-refractivity contribution in [2.45, 2.75) is 6.42 Å². The fourth-order valence-electron chi connectivity index (χ4n) is 1.30. The van der Waals surface area contributed by atoms with E-state index in [2.05, 4.69) is 0 Å². The number of rotatable bonds is 1. The molecule has 2 nitrogen and oxygen atoms in total. The first kappa shape index (κ1) is 8.32. The van der Waals surface area contributed by atoms with Gasteiger partial charge in [-0.15, -0.1) is 0 Å². The van der Waals surface area contributed by atoms with Gasteiger partial charge in [0, 0.05) is 17.5 Å². The van der Waals surface area contributed by atoms with Crippen molar-refractivity contribution in [2.24, 2.45) is 0 Å². The highest BCUT2D eigenvalue weighted by molar-refractivity contribution is 6.27. The van der Waals surface area contributed by atoms with Crippen LogP contribution >= 0.6 is 11.6 Å². The molecule has 0 fully saturated rings. The van der Waals surface area contributed by atoms with Crippen molar-refractivity contribution >= 4 is 29.5 Å². The molecule has 0 aliphatic heterocycles. The second-order valence-electron chi connectivity index (χ2n) is 2.76. The lowest BCUT2D eigenvalue weighted by Crippen LogP contribution is -2.00. The molecule has 1 aliphatic rings. The Bertz CT molecular complexity index is 399. The van der Waals surface area contributed by atoms with Gasteiger partial charge in [-0.05, 0) is 12.1 Å². The van der Waals surface area contributed by atoms with Crippen LogP contribution in [0.15, 0.2) is 22.1 Å². The Morgan fingerprint density at radius 1 is 1.54 bits per heavy atom. The van der Waals surface area contributed by atoms with Gasteiger partial charge in [0.15, 0.2) is 5.76 Å². The van der Waals surface area contributed by atoms with Crippen molar-refractivity contribution < 1.29 is 9.21 Å². The molecule has 0 unspecified atom stereocenters. The molecule has 0 spiro atoms. The molecular weight excluding hydrogens is 188 g/mol. The molecule has 1 aromatic heterocycles. The first-order chi connectivity index (χ1) is 6.31. The minimum Gasteiger partial charge on any atom is -0.453 e. The molecule has 0 saturated carbocycles. The number of hydrogen-bond acceptors (Lipinski definition) is 2. The molecule has 0 atom stereocenters. The summed E-state index contributed by atoms with van der Waals surface area (Å²) in [4.78, 5) is 11.3. The maximum Gasteiger partial charge on any atom is 0.202 e. The van der Waals surface area contributed by atoms with Gasteiger partial charge in [0.05, 0.1) is 0 Å². The Morgan fingerprint density at radius 2 is 2.38 bits per heavy atom. The number of carbonyl (C=O) groups excluding carboxylic acids is 1. The molecule has 3 heteroatoms. The number of hydrogen-bond donors (Lipinski definition) is 0. The van der Waals surface area contributed by atoms with Crippen LogP contribution in [0.2, 0.25) is 0 Å². The largest absolute Gasteiger partial charge is 0.453 e. The van der Waals surface area contributed by atoms with E-state index in [-0.39, 0.29) is 5.78 Å². The zero-order chi connectivity index (χ0) is 9.26. The Hall–Kier alpha value is -1.28. The van der Waals surface area contributed by atoms with Crippen molar-refractivity contribution in [3.05, 3.63) is 34.8 Å². The molecule has 66 valence electrons.